The molecule has 3 heteroatoms. The molecule has 0 amide bonds. The predicted molar refractivity (Wildman–Crippen MR) is 108 cm³/mol. The van der Waals surface area contributed by atoms with Crippen LogP contribution in [0.3, 0.4) is 0 Å². The van der Waals surface area contributed by atoms with E-state index in [9.17, 15) is 13.2 Å². The van der Waals surface area contributed by atoms with Crippen molar-refractivity contribution in [3.8, 4) is 0 Å². The SMILES string of the molecule is CC1=CCC=C(F)C=C1.CCc1ccc(F)cc1.CCc1ccc(F)cc1. The lowest BCUT2D eigenvalue weighted by molar-refractivity contribution is 0.626. The Labute approximate surface area is 160 Å². The van der Waals surface area contributed by atoms with Gasteiger partial charge in [0.05, 0.1) is 0 Å². The molecule has 0 aliphatic heterocycles. The van der Waals surface area contributed by atoms with Crippen LogP contribution in [-0.4, -0.2) is 0 Å². The molecule has 3 rings (SSSR count). The minimum absolute atomic E-state index is 0.136. The average Bonchev–Trinajstić information content (AvgIpc) is 2.87. The van der Waals surface area contributed by atoms with Crippen molar-refractivity contribution in [2.45, 2.75) is 40.0 Å². The van der Waals surface area contributed by atoms with Crippen LogP contribution in [0.5, 0.6) is 0 Å². The Morgan fingerprint density at radius 2 is 1.11 bits per heavy atom. The van der Waals surface area contributed by atoms with Crippen molar-refractivity contribution in [3.63, 3.8) is 0 Å². The lowest BCUT2D eigenvalue weighted by Crippen LogP contribution is -1.78. The lowest BCUT2D eigenvalue weighted by atomic mass is 10.2. The van der Waals surface area contributed by atoms with E-state index in [0.29, 0.717) is 6.42 Å². The highest BCUT2D eigenvalue weighted by molar-refractivity contribution is 5.27. The van der Waals surface area contributed by atoms with Crippen molar-refractivity contribution >= 4 is 0 Å². The fourth-order valence-electron chi connectivity index (χ4n) is 2.14. The van der Waals surface area contributed by atoms with E-state index >= 15 is 0 Å². The molecular formula is C24H27F3. The van der Waals surface area contributed by atoms with Gasteiger partial charge in [0.25, 0.3) is 0 Å². The van der Waals surface area contributed by atoms with Gasteiger partial charge in [0.1, 0.15) is 17.5 Å². The highest BCUT2D eigenvalue weighted by Gasteiger charge is 1.91. The van der Waals surface area contributed by atoms with Crippen LogP contribution in [0, 0.1) is 11.6 Å². The number of hydrogen-bond donors (Lipinski definition) is 0. The number of allylic oxidation sites excluding steroid dienone is 6. The van der Waals surface area contributed by atoms with Crippen molar-refractivity contribution in [2.75, 3.05) is 0 Å². The summed E-state index contributed by atoms with van der Waals surface area (Å²) in [6, 6.07) is 13.1. The summed E-state index contributed by atoms with van der Waals surface area (Å²) in [5.74, 6) is -0.456. The van der Waals surface area contributed by atoms with Crippen LogP contribution < -0.4 is 0 Å². The molecule has 0 radical (unpaired) electrons. The summed E-state index contributed by atoms with van der Waals surface area (Å²) in [5, 5.41) is 0. The molecule has 27 heavy (non-hydrogen) atoms. The van der Waals surface area contributed by atoms with Crippen LogP contribution in [0.2, 0.25) is 0 Å². The summed E-state index contributed by atoms with van der Waals surface area (Å²) >= 11 is 0. The van der Waals surface area contributed by atoms with Crippen LogP contribution in [0.15, 0.2) is 84.2 Å². The molecule has 0 fully saturated rings. The normalized spacial score (nSPS) is 12.5. The maximum Gasteiger partial charge on any atom is 0.123 e. The Balaban J connectivity index is 0.000000202. The molecule has 0 N–H and O–H groups in total. The largest absolute Gasteiger partial charge is 0.207 e. The molecule has 2 aromatic carbocycles. The zero-order valence-electron chi connectivity index (χ0n) is 16.2. The standard InChI is InChI=1S/3C8H9F/c1-7-3-2-4-8(9)6-5-7;2*1-2-7-3-5-8(9)6-4-7/h3*3-6H,2H2,1H3. The fourth-order valence-corrected chi connectivity index (χ4v) is 2.14. The van der Waals surface area contributed by atoms with Crippen LogP contribution in [0.4, 0.5) is 13.2 Å². The van der Waals surface area contributed by atoms with Gasteiger partial charge < -0.3 is 0 Å². The second kappa shape index (κ2) is 12.7. The summed E-state index contributed by atoms with van der Waals surface area (Å²) in [6.07, 6.45) is 9.47. The van der Waals surface area contributed by atoms with E-state index in [4.69, 9.17) is 0 Å². The smallest absolute Gasteiger partial charge is 0.123 e. The summed E-state index contributed by atoms with van der Waals surface area (Å²) in [5.41, 5.74) is 3.48. The molecule has 1 aliphatic rings. The minimum Gasteiger partial charge on any atom is -0.207 e. The number of aryl methyl sites for hydroxylation is 2. The van der Waals surface area contributed by atoms with E-state index in [1.807, 2.05) is 26.8 Å². The van der Waals surface area contributed by atoms with Gasteiger partial charge in [0, 0.05) is 0 Å². The summed E-state index contributed by atoms with van der Waals surface area (Å²) in [7, 11) is 0. The maximum absolute atomic E-state index is 12.4. The molecule has 0 bridgehead atoms. The van der Waals surface area contributed by atoms with Crippen molar-refractivity contribution in [1.29, 1.82) is 0 Å². The van der Waals surface area contributed by atoms with Gasteiger partial charge >= 0.3 is 0 Å². The monoisotopic (exact) mass is 372 g/mol. The molecular weight excluding hydrogens is 345 g/mol. The van der Waals surface area contributed by atoms with Crippen LogP contribution >= 0.6 is 0 Å². The van der Waals surface area contributed by atoms with Gasteiger partial charge in [-0.1, -0.05) is 55.8 Å². The first kappa shape index (κ1) is 22.5. The van der Waals surface area contributed by atoms with E-state index in [1.165, 1.54) is 41.5 Å². The Morgan fingerprint density at radius 1 is 0.667 bits per heavy atom. The molecule has 144 valence electrons. The molecule has 1 aliphatic carbocycles. The van der Waals surface area contributed by atoms with Crippen LogP contribution in [0.25, 0.3) is 0 Å². The van der Waals surface area contributed by atoms with E-state index in [1.54, 1.807) is 36.4 Å². The molecule has 0 atom stereocenters. The topological polar surface area (TPSA) is 0 Å². The molecule has 0 aromatic heterocycles. The Kier molecular flexibility index (Phi) is 10.6. The van der Waals surface area contributed by atoms with E-state index in [0.717, 1.165) is 18.4 Å². The molecule has 0 nitrogen and oxygen atoms in total. The summed E-state index contributed by atoms with van der Waals surface area (Å²) in [4.78, 5) is 0. The van der Waals surface area contributed by atoms with Gasteiger partial charge in [-0.2, -0.15) is 0 Å². The minimum atomic E-state index is -0.160. The van der Waals surface area contributed by atoms with Crippen LogP contribution in [0.1, 0.15) is 38.3 Å². The maximum atomic E-state index is 12.4. The first-order valence-corrected chi connectivity index (χ1v) is 9.14. The first-order valence-electron chi connectivity index (χ1n) is 9.14. The Morgan fingerprint density at radius 3 is 1.52 bits per heavy atom. The van der Waals surface area contributed by atoms with Gasteiger partial charge in [-0.05, 0) is 73.7 Å². The number of benzene rings is 2. The Bertz CT molecular complexity index is 686. The molecule has 2 aromatic rings. The van der Waals surface area contributed by atoms with Crippen LogP contribution in [-0.2, 0) is 12.8 Å². The van der Waals surface area contributed by atoms with E-state index in [-0.39, 0.29) is 17.5 Å². The van der Waals surface area contributed by atoms with Gasteiger partial charge in [0.2, 0.25) is 0 Å². The third-order valence-corrected chi connectivity index (χ3v) is 3.90. The molecule has 0 saturated carbocycles. The Hall–Kier alpha value is -2.55. The van der Waals surface area contributed by atoms with Crippen molar-refractivity contribution < 1.29 is 13.2 Å². The second-order valence-electron chi connectivity index (χ2n) is 6.07. The molecule has 0 unspecified atom stereocenters. The highest BCUT2D eigenvalue weighted by atomic mass is 19.1. The zero-order valence-corrected chi connectivity index (χ0v) is 16.2. The van der Waals surface area contributed by atoms with Gasteiger partial charge in [-0.25, -0.2) is 13.2 Å². The quantitative estimate of drug-likeness (QED) is 0.511. The fraction of sp³-hybridized carbons (Fsp3) is 0.250. The molecule has 0 heterocycles. The van der Waals surface area contributed by atoms with E-state index < -0.39 is 0 Å². The molecule has 0 spiro atoms. The summed E-state index contributed by atoms with van der Waals surface area (Å²) < 4.78 is 36.8. The number of halogens is 3. The number of rotatable bonds is 2. The first-order chi connectivity index (χ1) is 12.9. The van der Waals surface area contributed by atoms with Gasteiger partial charge in [0.15, 0.2) is 0 Å². The third-order valence-electron chi connectivity index (χ3n) is 3.90. The highest BCUT2D eigenvalue weighted by Crippen LogP contribution is 2.09. The van der Waals surface area contributed by atoms with Gasteiger partial charge in [-0.15, -0.1) is 0 Å². The average molecular weight is 372 g/mol. The second-order valence-corrected chi connectivity index (χ2v) is 6.07. The predicted octanol–water partition coefficient (Wildman–Crippen LogP) is 7.52. The third kappa shape index (κ3) is 10.2. The van der Waals surface area contributed by atoms with Crippen molar-refractivity contribution in [1.82, 2.24) is 0 Å². The van der Waals surface area contributed by atoms with E-state index in [2.05, 4.69) is 0 Å². The van der Waals surface area contributed by atoms with Gasteiger partial charge in [-0.3, -0.25) is 0 Å². The molecule has 0 saturated heterocycles. The number of hydrogen-bond acceptors (Lipinski definition) is 0. The summed E-state index contributed by atoms with van der Waals surface area (Å²) in [6.45, 7) is 6.06. The zero-order chi connectivity index (χ0) is 20.1. The van der Waals surface area contributed by atoms with Crippen molar-refractivity contribution in [3.05, 3.63) is 107 Å². The van der Waals surface area contributed by atoms with Crippen molar-refractivity contribution in [2.24, 2.45) is 0 Å². The lowest BCUT2D eigenvalue weighted by Gasteiger charge is -1.92.